The third-order valence-electron chi connectivity index (χ3n) is 2.08. The van der Waals surface area contributed by atoms with Crippen LogP contribution in [0.3, 0.4) is 0 Å². The van der Waals surface area contributed by atoms with E-state index in [2.05, 4.69) is 6.58 Å². The standard InChI is InChI=1S/C11H14N2O4/c1-8(6-12)7-17-10-4-3-9(13(14)15)5-11(10)16-2/h3-5H,1,6-7,12H2,2H3. The van der Waals surface area contributed by atoms with Gasteiger partial charge in [0.05, 0.1) is 18.1 Å². The molecule has 0 radical (unpaired) electrons. The van der Waals surface area contributed by atoms with E-state index in [1.54, 1.807) is 0 Å². The van der Waals surface area contributed by atoms with Crippen LogP contribution in [0.2, 0.25) is 0 Å². The SMILES string of the molecule is C=C(CN)COc1ccc([N+](=O)[O-])cc1OC. The van der Waals surface area contributed by atoms with Crippen molar-refractivity contribution >= 4 is 5.69 Å². The summed E-state index contributed by atoms with van der Waals surface area (Å²) in [6.45, 7) is 4.27. The van der Waals surface area contributed by atoms with Crippen LogP contribution in [0.15, 0.2) is 30.4 Å². The molecule has 6 nitrogen and oxygen atoms in total. The van der Waals surface area contributed by atoms with Gasteiger partial charge in [0.25, 0.3) is 5.69 Å². The van der Waals surface area contributed by atoms with E-state index in [-0.39, 0.29) is 12.3 Å². The number of hydrogen-bond acceptors (Lipinski definition) is 5. The van der Waals surface area contributed by atoms with Gasteiger partial charge < -0.3 is 15.2 Å². The molecular weight excluding hydrogens is 224 g/mol. The molecule has 0 bridgehead atoms. The molecule has 0 saturated heterocycles. The molecule has 1 aromatic rings. The van der Waals surface area contributed by atoms with Crippen LogP contribution in [-0.2, 0) is 0 Å². The van der Waals surface area contributed by atoms with E-state index in [4.69, 9.17) is 15.2 Å². The second-order valence-electron chi connectivity index (χ2n) is 3.34. The number of rotatable bonds is 6. The first-order valence-electron chi connectivity index (χ1n) is 4.90. The number of nitro benzene ring substituents is 1. The maximum atomic E-state index is 10.6. The second-order valence-corrected chi connectivity index (χ2v) is 3.34. The molecule has 0 aliphatic carbocycles. The molecule has 1 rings (SSSR count). The van der Waals surface area contributed by atoms with Crippen molar-refractivity contribution < 1.29 is 14.4 Å². The Labute approximate surface area is 98.8 Å². The van der Waals surface area contributed by atoms with Gasteiger partial charge in [0.15, 0.2) is 11.5 Å². The third kappa shape index (κ3) is 3.46. The smallest absolute Gasteiger partial charge is 0.273 e. The lowest BCUT2D eigenvalue weighted by Crippen LogP contribution is -2.10. The first-order chi connectivity index (χ1) is 8.08. The number of benzene rings is 1. The molecule has 2 N–H and O–H groups in total. The van der Waals surface area contributed by atoms with E-state index in [9.17, 15) is 10.1 Å². The number of ether oxygens (including phenoxy) is 2. The van der Waals surface area contributed by atoms with Crippen LogP contribution in [0.4, 0.5) is 5.69 Å². The quantitative estimate of drug-likeness (QED) is 0.461. The summed E-state index contributed by atoms with van der Waals surface area (Å²) in [6, 6.07) is 4.14. The Balaban J connectivity index is 2.85. The van der Waals surface area contributed by atoms with Gasteiger partial charge in [0, 0.05) is 12.6 Å². The van der Waals surface area contributed by atoms with Crippen molar-refractivity contribution in [3.63, 3.8) is 0 Å². The molecule has 0 unspecified atom stereocenters. The number of non-ortho nitro benzene ring substituents is 1. The largest absolute Gasteiger partial charge is 0.493 e. The van der Waals surface area contributed by atoms with Crippen LogP contribution < -0.4 is 15.2 Å². The van der Waals surface area contributed by atoms with Crippen molar-refractivity contribution in [1.29, 1.82) is 0 Å². The summed E-state index contributed by atoms with van der Waals surface area (Å²) in [5, 5.41) is 10.6. The number of nitro groups is 1. The van der Waals surface area contributed by atoms with E-state index < -0.39 is 4.92 Å². The Morgan fingerprint density at radius 1 is 1.53 bits per heavy atom. The molecular formula is C11H14N2O4. The minimum atomic E-state index is -0.495. The van der Waals surface area contributed by atoms with Crippen LogP contribution in [0.25, 0.3) is 0 Å². The molecule has 92 valence electrons. The highest BCUT2D eigenvalue weighted by atomic mass is 16.6. The lowest BCUT2D eigenvalue weighted by Gasteiger charge is -2.10. The van der Waals surface area contributed by atoms with Crippen molar-refractivity contribution in [2.24, 2.45) is 5.73 Å². The van der Waals surface area contributed by atoms with Crippen LogP contribution in [-0.4, -0.2) is 25.2 Å². The van der Waals surface area contributed by atoms with Gasteiger partial charge in [-0.2, -0.15) is 0 Å². The van der Waals surface area contributed by atoms with E-state index in [0.717, 1.165) is 5.57 Å². The Kier molecular flexibility index (Phi) is 4.47. The summed E-state index contributed by atoms with van der Waals surface area (Å²) in [6.07, 6.45) is 0. The Morgan fingerprint density at radius 3 is 2.76 bits per heavy atom. The first-order valence-corrected chi connectivity index (χ1v) is 4.90. The zero-order valence-electron chi connectivity index (χ0n) is 9.51. The van der Waals surface area contributed by atoms with Gasteiger partial charge in [0.2, 0.25) is 0 Å². The van der Waals surface area contributed by atoms with Gasteiger partial charge in [-0.1, -0.05) is 6.58 Å². The first kappa shape index (κ1) is 13.0. The zero-order valence-corrected chi connectivity index (χ0v) is 9.51. The molecule has 1 aromatic carbocycles. The van der Waals surface area contributed by atoms with Crippen molar-refractivity contribution in [1.82, 2.24) is 0 Å². The number of methoxy groups -OCH3 is 1. The Hall–Kier alpha value is -2.08. The lowest BCUT2D eigenvalue weighted by atomic mass is 10.2. The number of hydrogen-bond donors (Lipinski definition) is 1. The normalized spacial score (nSPS) is 9.76. The fraction of sp³-hybridized carbons (Fsp3) is 0.273. The average molecular weight is 238 g/mol. The van der Waals surface area contributed by atoms with Gasteiger partial charge in [-0.25, -0.2) is 0 Å². The summed E-state index contributed by atoms with van der Waals surface area (Å²) in [7, 11) is 1.42. The molecule has 0 atom stereocenters. The highest BCUT2D eigenvalue weighted by Gasteiger charge is 2.12. The third-order valence-corrected chi connectivity index (χ3v) is 2.08. The van der Waals surface area contributed by atoms with Crippen LogP contribution in [0, 0.1) is 10.1 Å². The van der Waals surface area contributed by atoms with Crippen molar-refractivity contribution in [2.45, 2.75) is 0 Å². The van der Waals surface area contributed by atoms with Gasteiger partial charge >= 0.3 is 0 Å². The average Bonchev–Trinajstić information content (AvgIpc) is 2.35. The minimum absolute atomic E-state index is 0.0492. The van der Waals surface area contributed by atoms with Crippen LogP contribution >= 0.6 is 0 Å². The summed E-state index contributed by atoms with van der Waals surface area (Å²) in [5.74, 6) is 0.733. The van der Waals surface area contributed by atoms with E-state index in [1.165, 1.54) is 25.3 Å². The molecule has 0 heterocycles. The predicted octanol–water partition coefficient (Wildman–Crippen LogP) is 1.50. The molecule has 0 aliphatic heterocycles. The minimum Gasteiger partial charge on any atom is -0.493 e. The summed E-state index contributed by atoms with van der Waals surface area (Å²) >= 11 is 0. The molecule has 0 fully saturated rings. The van der Waals surface area contributed by atoms with Crippen molar-refractivity contribution in [2.75, 3.05) is 20.3 Å². The monoisotopic (exact) mass is 238 g/mol. The highest BCUT2D eigenvalue weighted by molar-refractivity contribution is 5.48. The molecule has 0 spiro atoms. The highest BCUT2D eigenvalue weighted by Crippen LogP contribution is 2.31. The zero-order chi connectivity index (χ0) is 12.8. The number of nitrogens with two attached hydrogens (primary N) is 1. The van der Waals surface area contributed by atoms with Gasteiger partial charge in [-0.3, -0.25) is 10.1 Å². The molecule has 6 heteroatoms. The topological polar surface area (TPSA) is 87.6 Å². The lowest BCUT2D eigenvalue weighted by molar-refractivity contribution is -0.384. The van der Waals surface area contributed by atoms with Crippen molar-refractivity contribution in [3.05, 3.63) is 40.5 Å². The van der Waals surface area contributed by atoms with Crippen molar-refractivity contribution in [3.8, 4) is 11.5 Å². The maximum absolute atomic E-state index is 10.6. The van der Waals surface area contributed by atoms with Gasteiger partial charge in [-0.05, 0) is 11.6 Å². The summed E-state index contributed by atoms with van der Waals surface area (Å²) in [5.41, 5.74) is 6.05. The maximum Gasteiger partial charge on any atom is 0.273 e. The predicted molar refractivity (Wildman–Crippen MR) is 63.3 cm³/mol. The fourth-order valence-corrected chi connectivity index (χ4v) is 1.13. The van der Waals surface area contributed by atoms with Crippen LogP contribution in [0.5, 0.6) is 11.5 Å². The van der Waals surface area contributed by atoms with Gasteiger partial charge in [0.1, 0.15) is 6.61 Å². The molecule has 0 aromatic heterocycles. The van der Waals surface area contributed by atoms with Crippen LogP contribution in [0.1, 0.15) is 0 Å². The molecule has 0 aliphatic rings. The van der Waals surface area contributed by atoms with E-state index in [1.807, 2.05) is 0 Å². The fourth-order valence-electron chi connectivity index (χ4n) is 1.13. The molecule has 17 heavy (non-hydrogen) atoms. The Bertz CT molecular complexity index is 431. The summed E-state index contributed by atoms with van der Waals surface area (Å²) < 4.78 is 10.4. The van der Waals surface area contributed by atoms with Gasteiger partial charge in [-0.15, -0.1) is 0 Å². The molecule has 0 saturated carbocycles. The summed E-state index contributed by atoms with van der Waals surface area (Å²) in [4.78, 5) is 10.1. The molecule has 0 amide bonds. The van der Waals surface area contributed by atoms with E-state index in [0.29, 0.717) is 18.0 Å². The van der Waals surface area contributed by atoms with E-state index >= 15 is 0 Å². The second kappa shape index (κ2) is 5.86. The Morgan fingerprint density at radius 2 is 2.24 bits per heavy atom. The number of nitrogens with zero attached hydrogens (tertiary/aromatic N) is 1.